The van der Waals surface area contributed by atoms with Crippen molar-refractivity contribution in [1.29, 1.82) is 0 Å². The van der Waals surface area contributed by atoms with Gasteiger partial charge in [-0.3, -0.25) is 14.4 Å². The summed E-state index contributed by atoms with van der Waals surface area (Å²) in [5.41, 5.74) is -1.06. The fraction of sp³-hybridized carbons (Fsp3) is 0.727. The number of carbonyl (C=O) groups excluding carboxylic acids is 4. The molecule has 0 bridgehead atoms. The Balaban J connectivity index is 1.55. The Morgan fingerprint density at radius 3 is 2.40 bits per heavy atom. The van der Waals surface area contributed by atoms with Gasteiger partial charge in [-0.25, -0.2) is 4.79 Å². The fourth-order valence-corrected chi connectivity index (χ4v) is 4.56. The van der Waals surface area contributed by atoms with Crippen LogP contribution < -0.4 is 5.32 Å². The van der Waals surface area contributed by atoms with E-state index in [0.29, 0.717) is 19.4 Å². The van der Waals surface area contributed by atoms with Crippen LogP contribution in [0.3, 0.4) is 0 Å². The summed E-state index contributed by atoms with van der Waals surface area (Å²) < 4.78 is 5.14. The Kier molecular flexibility index (Phi) is 7.15. The number of esters is 1. The van der Waals surface area contributed by atoms with Gasteiger partial charge < -0.3 is 19.9 Å². The van der Waals surface area contributed by atoms with Gasteiger partial charge in [-0.05, 0) is 45.4 Å². The third-order valence-electron chi connectivity index (χ3n) is 6.42. The molecule has 0 spiro atoms. The first-order valence-electron chi connectivity index (χ1n) is 11.1. The van der Waals surface area contributed by atoms with Gasteiger partial charge in [0.15, 0.2) is 0 Å². The first-order valence-corrected chi connectivity index (χ1v) is 11.1. The van der Waals surface area contributed by atoms with Gasteiger partial charge >= 0.3 is 5.97 Å². The maximum atomic E-state index is 12.9. The number of amides is 3. The van der Waals surface area contributed by atoms with Crippen molar-refractivity contribution in [2.45, 2.75) is 69.9 Å². The Hall–Kier alpha value is -2.38. The van der Waals surface area contributed by atoms with Crippen molar-refractivity contribution in [2.75, 3.05) is 26.2 Å². The van der Waals surface area contributed by atoms with Crippen LogP contribution in [0.2, 0.25) is 0 Å². The fourth-order valence-electron chi connectivity index (χ4n) is 4.56. The second-order valence-corrected chi connectivity index (χ2v) is 8.41. The molecule has 166 valence electrons. The zero-order chi connectivity index (χ0) is 21.7. The molecule has 0 radical (unpaired) electrons. The number of piperidine rings is 1. The molecule has 0 aromatic rings. The number of ether oxygens (including phenoxy) is 1. The molecule has 3 atom stereocenters. The van der Waals surface area contributed by atoms with Crippen LogP contribution in [-0.2, 0) is 23.9 Å². The third-order valence-corrected chi connectivity index (χ3v) is 6.42. The topological polar surface area (TPSA) is 96.0 Å². The second-order valence-electron chi connectivity index (χ2n) is 8.41. The van der Waals surface area contributed by atoms with Crippen LogP contribution in [-0.4, -0.2) is 71.3 Å². The molecular weight excluding hydrogens is 386 g/mol. The molecule has 1 N–H and O–H groups in total. The molecule has 3 fully saturated rings. The lowest BCUT2D eigenvalue weighted by molar-refractivity contribution is -0.150. The third kappa shape index (κ3) is 4.68. The van der Waals surface area contributed by atoms with Crippen LogP contribution >= 0.6 is 0 Å². The Morgan fingerprint density at radius 2 is 1.77 bits per heavy atom. The summed E-state index contributed by atoms with van der Waals surface area (Å²) in [6.07, 6.45) is 6.85. The van der Waals surface area contributed by atoms with Gasteiger partial charge in [0.2, 0.25) is 17.7 Å². The first kappa shape index (κ1) is 22.3. The minimum atomic E-state index is -1.06. The van der Waals surface area contributed by atoms with Crippen LogP contribution in [0.4, 0.5) is 0 Å². The van der Waals surface area contributed by atoms with Gasteiger partial charge in [-0.2, -0.15) is 0 Å². The molecule has 0 aromatic heterocycles. The number of hydrogen-bond acceptors (Lipinski definition) is 5. The summed E-state index contributed by atoms with van der Waals surface area (Å²) >= 11 is 0. The number of rotatable bonds is 8. The molecule has 0 aromatic carbocycles. The van der Waals surface area contributed by atoms with E-state index in [0.717, 1.165) is 38.8 Å². The monoisotopic (exact) mass is 419 g/mol. The summed E-state index contributed by atoms with van der Waals surface area (Å²) in [5, 5.41) is 2.84. The molecule has 2 heterocycles. The van der Waals surface area contributed by atoms with E-state index >= 15 is 0 Å². The highest BCUT2D eigenvalue weighted by molar-refractivity contribution is 5.95. The standard InChI is InChI=1S/C22H33N3O5/c1-3-16-15-22(16,21(29)30-4-2)23-20(28)17-9-8-14-25(17)19(27)11-10-18(26)24-12-6-5-7-13-24/h3,16-17H,1,4-15H2,2H3,(H,23,28). The Morgan fingerprint density at radius 1 is 1.07 bits per heavy atom. The van der Waals surface area contributed by atoms with Crippen molar-refractivity contribution in [3.63, 3.8) is 0 Å². The molecule has 3 unspecified atom stereocenters. The minimum absolute atomic E-state index is 0.0105. The minimum Gasteiger partial charge on any atom is -0.464 e. The largest absolute Gasteiger partial charge is 0.464 e. The predicted octanol–water partition coefficient (Wildman–Crippen LogP) is 1.39. The smallest absolute Gasteiger partial charge is 0.332 e. The highest BCUT2D eigenvalue weighted by Gasteiger charge is 2.61. The second kappa shape index (κ2) is 9.62. The van der Waals surface area contributed by atoms with Crippen LogP contribution in [0.15, 0.2) is 12.7 Å². The highest BCUT2D eigenvalue weighted by Crippen LogP contribution is 2.45. The SMILES string of the molecule is C=CC1CC1(NC(=O)C1CCCN1C(=O)CCC(=O)N1CCCCC1)C(=O)OCC. The average Bonchev–Trinajstić information content (AvgIpc) is 3.24. The lowest BCUT2D eigenvalue weighted by Crippen LogP contribution is -2.53. The van der Waals surface area contributed by atoms with Gasteiger partial charge in [0.1, 0.15) is 11.6 Å². The Bertz CT molecular complexity index is 703. The van der Waals surface area contributed by atoms with Crippen LogP contribution in [0, 0.1) is 5.92 Å². The zero-order valence-electron chi connectivity index (χ0n) is 17.9. The molecular formula is C22H33N3O5. The molecule has 8 nitrogen and oxygen atoms in total. The lowest BCUT2D eigenvalue weighted by Gasteiger charge is -2.28. The van der Waals surface area contributed by atoms with Gasteiger partial charge in [0.25, 0.3) is 0 Å². The zero-order valence-corrected chi connectivity index (χ0v) is 17.9. The first-order chi connectivity index (χ1) is 14.4. The lowest BCUT2D eigenvalue weighted by atomic mass is 10.1. The van der Waals surface area contributed by atoms with E-state index in [1.165, 1.54) is 0 Å². The molecule has 2 aliphatic heterocycles. The van der Waals surface area contributed by atoms with Gasteiger partial charge in [-0.1, -0.05) is 6.08 Å². The van der Waals surface area contributed by atoms with Crippen molar-refractivity contribution < 1.29 is 23.9 Å². The molecule has 1 saturated carbocycles. The summed E-state index contributed by atoms with van der Waals surface area (Å²) in [4.78, 5) is 53.8. The molecule has 3 amide bonds. The average molecular weight is 420 g/mol. The van der Waals surface area contributed by atoms with Crippen molar-refractivity contribution in [2.24, 2.45) is 5.92 Å². The highest BCUT2D eigenvalue weighted by atomic mass is 16.5. The number of carbonyl (C=O) groups is 4. The maximum Gasteiger partial charge on any atom is 0.332 e. The summed E-state index contributed by atoms with van der Waals surface area (Å²) in [7, 11) is 0. The number of likely N-dealkylation sites (tertiary alicyclic amines) is 2. The van der Waals surface area contributed by atoms with Gasteiger partial charge in [0, 0.05) is 38.4 Å². The van der Waals surface area contributed by atoms with Crippen molar-refractivity contribution >= 4 is 23.7 Å². The van der Waals surface area contributed by atoms with E-state index in [1.54, 1.807) is 17.9 Å². The van der Waals surface area contributed by atoms with Gasteiger partial charge in [-0.15, -0.1) is 6.58 Å². The summed E-state index contributed by atoms with van der Waals surface area (Å²) in [5.74, 6) is -1.12. The number of hydrogen-bond donors (Lipinski definition) is 1. The summed E-state index contributed by atoms with van der Waals surface area (Å²) in [6, 6.07) is -0.611. The molecule has 1 aliphatic carbocycles. The van der Waals surface area contributed by atoms with Crippen LogP contribution in [0.25, 0.3) is 0 Å². The quantitative estimate of drug-likeness (QED) is 0.474. The van der Waals surface area contributed by atoms with Gasteiger partial charge in [0.05, 0.1) is 6.61 Å². The van der Waals surface area contributed by atoms with E-state index in [1.807, 2.05) is 4.90 Å². The van der Waals surface area contributed by atoms with Crippen LogP contribution in [0.1, 0.15) is 58.3 Å². The Labute approximate surface area is 178 Å². The normalized spacial score (nSPS) is 28.0. The van der Waals surface area contributed by atoms with Crippen molar-refractivity contribution in [1.82, 2.24) is 15.1 Å². The number of nitrogens with one attached hydrogen (secondary N) is 1. The van der Waals surface area contributed by atoms with Crippen LogP contribution in [0.5, 0.6) is 0 Å². The van der Waals surface area contributed by atoms with E-state index in [-0.39, 0.29) is 43.1 Å². The van der Waals surface area contributed by atoms with Crippen molar-refractivity contribution in [3.05, 3.63) is 12.7 Å². The predicted molar refractivity (Wildman–Crippen MR) is 110 cm³/mol. The summed E-state index contributed by atoms with van der Waals surface area (Å²) in [6.45, 7) is 7.71. The molecule has 30 heavy (non-hydrogen) atoms. The van der Waals surface area contributed by atoms with E-state index < -0.39 is 17.6 Å². The molecule has 3 rings (SSSR count). The van der Waals surface area contributed by atoms with E-state index in [4.69, 9.17) is 4.74 Å². The van der Waals surface area contributed by atoms with E-state index in [9.17, 15) is 19.2 Å². The van der Waals surface area contributed by atoms with Crippen molar-refractivity contribution in [3.8, 4) is 0 Å². The molecule has 2 saturated heterocycles. The molecule has 3 aliphatic rings. The number of nitrogens with zero attached hydrogens (tertiary/aromatic N) is 2. The maximum absolute atomic E-state index is 12.9. The van der Waals surface area contributed by atoms with E-state index in [2.05, 4.69) is 11.9 Å². The molecule has 8 heteroatoms.